The number of amides is 1. The fourth-order valence-corrected chi connectivity index (χ4v) is 5.42. The number of carbonyl (C=O) groups is 4. The van der Waals surface area contributed by atoms with Gasteiger partial charge in [0.2, 0.25) is 5.91 Å². The smallest absolute Gasteiger partial charge is 0.357 e. The van der Waals surface area contributed by atoms with Gasteiger partial charge in [-0.05, 0) is 25.0 Å². The van der Waals surface area contributed by atoms with E-state index in [0.717, 1.165) is 11.3 Å². The van der Waals surface area contributed by atoms with Gasteiger partial charge < -0.3 is 19.1 Å². The highest BCUT2D eigenvalue weighted by molar-refractivity contribution is 6.17. The minimum atomic E-state index is -1.13. The van der Waals surface area contributed by atoms with E-state index in [2.05, 4.69) is 16.8 Å². The first-order chi connectivity index (χ1) is 16.8. The van der Waals surface area contributed by atoms with Crippen LogP contribution >= 0.6 is 0 Å². The summed E-state index contributed by atoms with van der Waals surface area (Å²) < 4.78 is 15.0. The number of benzene rings is 1. The van der Waals surface area contributed by atoms with Crippen LogP contribution in [0.2, 0.25) is 0 Å². The molecule has 10 heteroatoms. The molecule has 3 heterocycles. The van der Waals surface area contributed by atoms with E-state index in [0.29, 0.717) is 0 Å². The predicted octanol–water partition coefficient (Wildman–Crippen LogP) is 0.942. The molecule has 1 fully saturated rings. The van der Waals surface area contributed by atoms with Gasteiger partial charge in [-0.2, -0.15) is 0 Å². The molecule has 4 rings (SSSR count). The van der Waals surface area contributed by atoms with Crippen molar-refractivity contribution in [1.29, 1.82) is 0 Å². The standard InChI is InChI=1S/C25H25N3O7/c1-6-7-12-27-16-11-9-8-10-15(16)25-13-17(21(30)33-3)28(14(2)29)24(25)26-19(23(32)35-5)18(20(25)27)22(31)34-4/h8-11,17,20H,12-13H2,1-5H3/t17-,20-,25-/m0/s1. The Hall–Kier alpha value is -4.13. The van der Waals surface area contributed by atoms with Crippen molar-refractivity contribution in [3.8, 4) is 11.8 Å². The SMILES string of the molecule is CC#CCN1c2ccccc2[C@]23C[C@@H](C(=O)OC)N(C(C)=O)C2=NC(C(=O)OC)=C(C(=O)OC)[C@H]13. The van der Waals surface area contributed by atoms with Crippen LogP contribution in [0.1, 0.15) is 25.8 Å². The summed E-state index contributed by atoms with van der Waals surface area (Å²) in [7, 11) is 3.62. The van der Waals surface area contributed by atoms with E-state index in [9.17, 15) is 19.2 Å². The molecule has 10 nitrogen and oxygen atoms in total. The van der Waals surface area contributed by atoms with Crippen molar-refractivity contribution in [3.05, 3.63) is 41.1 Å². The lowest BCUT2D eigenvalue weighted by Crippen LogP contribution is -2.55. The first-order valence-corrected chi connectivity index (χ1v) is 10.9. The molecule has 0 unspecified atom stereocenters. The van der Waals surface area contributed by atoms with Crippen LogP contribution in [0.4, 0.5) is 5.69 Å². The van der Waals surface area contributed by atoms with E-state index in [1.54, 1.807) is 6.92 Å². The summed E-state index contributed by atoms with van der Waals surface area (Å²) in [5.74, 6) is 3.35. The molecule has 0 saturated carbocycles. The quantitative estimate of drug-likeness (QED) is 0.356. The summed E-state index contributed by atoms with van der Waals surface area (Å²) in [5.41, 5.74) is 0.0664. The molecule has 0 aromatic heterocycles. The highest BCUT2D eigenvalue weighted by atomic mass is 16.5. The Kier molecular flexibility index (Phi) is 6.11. The zero-order chi connectivity index (χ0) is 25.5. The molecule has 35 heavy (non-hydrogen) atoms. The summed E-state index contributed by atoms with van der Waals surface area (Å²) in [5, 5.41) is 0. The van der Waals surface area contributed by atoms with Gasteiger partial charge in [0.15, 0.2) is 5.70 Å². The van der Waals surface area contributed by atoms with Crippen LogP contribution < -0.4 is 4.90 Å². The van der Waals surface area contributed by atoms with E-state index >= 15 is 0 Å². The Bertz CT molecular complexity index is 1260. The summed E-state index contributed by atoms with van der Waals surface area (Å²) in [6, 6.07) is 5.55. The monoisotopic (exact) mass is 479 g/mol. The molecule has 3 aliphatic rings. The van der Waals surface area contributed by atoms with Gasteiger partial charge in [0.05, 0.1) is 44.9 Å². The summed E-state index contributed by atoms with van der Waals surface area (Å²) in [4.78, 5) is 59.5. The van der Waals surface area contributed by atoms with Gasteiger partial charge in [-0.15, -0.1) is 5.92 Å². The third-order valence-corrected chi connectivity index (χ3v) is 6.70. The van der Waals surface area contributed by atoms with Crippen molar-refractivity contribution >= 4 is 35.3 Å². The average molecular weight is 479 g/mol. The fraction of sp³-hybridized carbons (Fsp3) is 0.400. The number of rotatable bonds is 4. The second kappa shape index (κ2) is 8.91. The van der Waals surface area contributed by atoms with Crippen molar-refractivity contribution in [1.82, 2.24) is 4.90 Å². The first-order valence-electron chi connectivity index (χ1n) is 10.9. The third kappa shape index (κ3) is 3.30. The molecule has 0 radical (unpaired) electrons. The molecule has 0 N–H and O–H groups in total. The van der Waals surface area contributed by atoms with Crippen molar-refractivity contribution in [3.63, 3.8) is 0 Å². The largest absolute Gasteiger partial charge is 0.467 e. The number of anilines is 1. The maximum Gasteiger partial charge on any atom is 0.357 e. The highest BCUT2D eigenvalue weighted by Gasteiger charge is 2.67. The molecular formula is C25H25N3O7. The lowest BCUT2D eigenvalue weighted by Gasteiger charge is -2.40. The second-order valence-corrected chi connectivity index (χ2v) is 8.26. The van der Waals surface area contributed by atoms with Gasteiger partial charge in [-0.3, -0.25) is 9.69 Å². The number of esters is 3. The number of hydrogen-bond acceptors (Lipinski definition) is 9. The predicted molar refractivity (Wildman–Crippen MR) is 124 cm³/mol. The molecule has 1 amide bonds. The van der Waals surface area contributed by atoms with Gasteiger partial charge in [0, 0.05) is 12.6 Å². The van der Waals surface area contributed by atoms with Crippen molar-refractivity contribution < 1.29 is 33.4 Å². The number of fused-ring (bicyclic) bond motifs is 1. The zero-order valence-electron chi connectivity index (χ0n) is 20.1. The Morgan fingerprint density at radius 3 is 2.37 bits per heavy atom. The maximum atomic E-state index is 13.2. The number of para-hydroxylation sites is 1. The molecule has 182 valence electrons. The number of hydrogen-bond donors (Lipinski definition) is 0. The number of nitrogens with zero attached hydrogens (tertiary/aromatic N) is 3. The molecule has 0 bridgehead atoms. The van der Waals surface area contributed by atoms with Crippen LogP contribution in [-0.4, -0.2) is 74.5 Å². The van der Waals surface area contributed by atoms with E-state index in [4.69, 9.17) is 14.2 Å². The normalized spacial score (nSPS) is 23.9. The molecule has 1 saturated heterocycles. The van der Waals surface area contributed by atoms with Crippen molar-refractivity contribution in [2.75, 3.05) is 32.8 Å². The lowest BCUT2D eigenvalue weighted by molar-refractivity contribution is -0.148. The number of carbonyl (C=O) groups excluding carboxylic acids is 4. The highest BCUT2D eigenvalue weighted by Crippen LogP contribution is 2.57. The number of likely N-dealkylation sites (tertiary alicyclic amines) is 1. The van der Waals surface area contributed by atoms with Crippen LogP contribution in [0.5, 0.6) is 0 Å². The Balaban J connectivity index is 2.12. The molecule has 0 aliphatic carbocycles. The molecule has 1 aromatic carbocycles. The third-order valence-electron chi connectivity index (χ3n) is 6.70. The van der Waals surface area contributed by atoms with Gasteiger partial charge in [-0.1, -0.05) is 24.1 Å². The zero-order valence-corrected chi connectivity index (χ0v) is 20.1. The number of amidine groups is 1. The van der Waals surface area contributed by atoms with Crippen LogP contribution in [0.3, 0.4) is 0 Å². The molecule has 3 aliphatic heterocycles. The van der Waals surface area contributed by atoms with E-state index < -0.39 is 41.3 Å². The van der Waals surface area contributed by atoms with E-state index in [1.165, 1.54) is 33.2 Å². The first kappa shape index (κ1) is 24.0. The van der Waals surface area contributed by atoms with Gasteiger partial charge in [0.1, 0.15) is 11.9 Å². The number of ether oxygens (including phenoxy) is 3. The van der Waals surface area contributed by atoms with Gasteiger partial charge in [-0.25, -0.2) is 19.4 Å². The Morgan fingerprint density at radius 2 is 1.77 bits per heavy atom. The van der Waals surface area contributed by atoms with Crippen molar-refractivity contribution in [2.24, 2.45) is 4.99 Å². The van der Waals surface area contributed by atoms with Crippen LogP contribution in [0.15, 0.2) is 40.5 Å². The molecule has 1 aromatic rings. The van der Waals surface area contributed by atoms with E-state index in [1.807, 2.05) is 29.2 Å². The van der Waals surface area contributed by atoms with Gasteiger partial charge in [0.25, 0.3) is 0 Å². The Morgan fingerprint density at radius 1 is 1.09 bits per heavy atom. The maximum absolute atomic E-state index is 13.2. The van der Waals surface area contributed by atoms with Crippen molar-refractivity contribution in [2.45, 2.75) is 37.8 Å². The number of aliphatic imine (C=N–C) groups is 1. The fourth-order valence-electron chi connectivity index (χ4n) is 5.42. The van der Waals surface area contributed by atoms with E-state index in [-0.39, 0.29) is 30.1 Å². The Labute approximate surface area is 202 Å². The summed E-state index contributed by atoms with van der Waals surface area (Å²) in [6.07, 6.45) is 0.0881. The second-order valence-electron chi connectivity index (χ2n) is 8.26. The van der Waals surface area contributed by atoms with Gasteiger partial charge >= 0.3 is 17.9 Å². The number of methoxy groups -OCH3 is 3. The van der Waals surface area contributed by atoms with Crippen LogP contribution in [0.25, 0.3) is 0 Å². The minimum absolute atomic E-state index is 0.0220. The molecule has 3 atom stereocenters. The molecule has 1 spiro atoms. The van der Waals surface area contributed by atoms with Crippen LogP contribution in [-0.2, 0) is 38.8 Å². The topological polar surface area (TPSA) is 115 Å². The minimum Gasteiger partial charge on any atom is -0.467 e. The average Bonchev–Trinajstić information content (AvgIpc) is 3.36. The summed E-state index contributed by atoms with van der Waals surface area (Å²) >= 11 is 0. The molecular weight excluding hydrogens is 454 g/mol. The summed E-state index contributed by atoms with van der Waals surface area (Å²) in [6.45, 7) is 3.22. The lowest BCUT2D eigenvalue weighted by atomic mass is 9.69. The van der Waals surface area contributed by atoms with Crippen LogP contribution in [0, 0.1) is 11.8 Å².